The zero-order valence-corrected chi connectivity index (χ0v) is 15.8. The Bertz CT molecular complexity index is 860. The number of likely N-dealkylation sites (N-methyl/N-ethyl adjacent to an activating group) is 1. The number of carbonyl (C=O) groups excluding carboxylic acids is 2. The number of carbonyl (C=O) groups is 2. The lowest BCUT2D eigenvalue weighted by Crippen LogP contribution is -2.50. The number of anilines is 1. The van der Waals surface area contributed by atoms with Gasteiger partial charge in [0.05, 0.1) is 17.1 Å². The number of nitrogens with one attached hydrogen (secondary N) is 1. The minimum absolute atomic E-state index is 0.0540. The van der Waals surface area contributed by atoms with Gasteiger partial charge in [0.25, 0.3) is 11.8 Å². The highest BCUT2D eigenvalue weighted by Gasteiger charge is 2.34. The molecule has 136 valence electrons. The summed E-state index contributed by atoms with van der Waals surface area (Å²) in [5.74, 6) is 0.954. The van der Waals surface area contributed by atoms with Crippen LogP contribution in [0.15, 0.2) is 30.3 Å². The van der Waals surface area contributed by atoms with Gasteiger partial charge in [-0.3, -0.25) is 14.5 Å². The fraction of sp³-hybridized carbons (Fsp3) is 0.400. The molecule has 1 aliphatic heterocycles. The zero-order valence-electron chi connectivity index (χ0n) is 15.0. The first-order chi connectivity index (χ1) is 12.6. The van der Waals surface area contributed by atoms with Crippen molar-refractivity contribution in [3.05, 3.63) is 45.6 Å². The number of fused-ring (bicyclic) bond motifs is 2. The summed E-state index contributed by atoms with van der Waals surface area (Å²) in [6, 6.07) is 9.43. The van der Waals surface area contributed by atoms with E-state index in [9.17, 15) is 9.59 Å². The van der Waals surface area contributed by atoms with E-state index >= 15 is 0 Å². The van der Waals surface area contributed by atoms with Crippen molar-refractivity contribution in [1.29, 1.82) is 0 Å². The summed E-state index contributed by atoms with van der Waals surface area (Å²) in [4.78, 5) is 29.1. The summed E-state index contributed by atoms with van der Waals surface area (Å²) >= 11 is 1.60. The molecule has 1 aromatic heterocycles. The van der Waals surface area contributed by atoms with Crippen LogP contribution < -0.4 is 15.0 Å². The van der Waals surface area contributed by atoms with Crippen molar-refractivity contribution in [1.82, 2.24) is 5.32 Å². The van der Waals surface area contributed by atoms with E-state index in [-0.39, 0.29) is 18.4 Å². The van der Waals surface area contributed by atoms with Crippen LogP contribution in [0.3, 0.4) is 0 Å². The third-order valence-electron chi connectivity index (χ3n) is 5.10. The fourth-order valence-electron chi connectivity index (χ4n) is 3.67. The molecular formula is C20H22N2O3S. The first kappa shape index (κ1) is 17.1. The Kier molecular flexibility index (Phi) is 4.44. The average molecular weight is 370 g/mol. The molecule has 1 N–H and O–H groups in total. The molecule has 26 heavy (non-hydrogen) atoms. The van der Waals surface area contributed by atoms with Crippen LogP contribution in [0.5, 0.6) is 5.75 Å². The van der Waals surface area contributed by atoms with E-state index in [2.05, 4.69) is 12.2 Å². The molecule has 6 heteroatoms. The summed E-state index contributed by atoms with van der Waals surface area (Å²) < 4.78 is 5.79. The molecule has 2 amide bonds. The number of hydrogen-bond acceptors (Lipinski definition) is 4. The van der Waals surface area contributed by atoms with Gasteiger partial charge >= 0.3 is 0 Å². The number of hydrogen-bond donors (Lipinski definition) is 1. The molecule has 2 aliphatic rings. The summed E-state index contributed by atoms with van der Waals surface area (Å²) in [7, 11) is 1.58. The predicted octanol–water partition coefficient (Wildman–Crippen LogP) is 3.03. The van der Waals surface area contributed by atoms with E-state index in [0.717, 1.165) is 23.4 Å². The van der Waals surface area contributed by atoms with E-state index in [1.807, 2.05) is 24.3 Å². The van der Waals surface area contributed by atoms with Gasteiger partial charge in [0.15, 0.2) is 6.10 Å². The summed E-state index contributed by atoms with van der Waals surface area (Å²) in [5.41, 5.74) is 2.03. The van der Waals surface area contributed by atoms with E-state index < -0.39 is 6.10 Å². The van der Waals surface area contributed by atoms with Gasteiger partial charge in [-0.2, -0.15) is 0 Å². The SMILES string of the molecule is CNC(=O)[C@H]1CN(C(=O)c2cc3c(s2)CC[C@H](C)C3)c2ccccc2O1. The number of amides is 2. The quantitative estimate of drug-likeness (QED) is 0.884. The monoisotopic (exact) mass is 370 g/mol. The molecule has 1 aliphatic carbocycles. The Morgan fingerprint density at radius 3 is 2.92 bits per heavy atom. The van der Waals surface area contributed by atoms with Crippen LogP contribution >= 0.6 is 11.3 Å². The van der Waals surface area contributed by atoms with Crippen LogP contribution in [0.4, 0.5) is 5.69 Å². The maximum Gasteiger partial charge on any atom is 0.268 e. The molecule has 0 unspecified atom stereocenters. The van der Waals surface area contributed by atoms with E-state index in [1.165, 1.54) is 16.9 Å². The molecule has 0 fully saturated rings. The van der Waals surface area contributed by atoms with Gasteiger partial charge in [0.1, 0.15) is 5.75 Å². The number of thiophene rings is 1. The van der Waals surface area contributed by atoms with Gasteiger partial charge in [0, 0.05) is 11.9 Å². The number of nitrogens with zero attached hydrogens (tertiary/aromatic N) is 1. The van der Waals surface area contributed by atoms with Gasteiger partial charge < -0.3 is 10.1 Å². The Balaban J connectivity index is 1.67. The molecule has 0 saturated carbocycles. The first-order valence-electron chi connectivity index (χ1n) is 8.97. The van der Waals surface area contributed by atoms with Gasteiger partial charge in [-0.25, -0.2) is 0 Å². The standard InChI is InChI=1S/C20H22N2O3S/c1-12-7-8-17-13(9-12)10-18(26-17)20(24)22-11-16(19(23)21-2)25-15-6-4-3-5-14(15)22/h3-6,10,12,16H,7-9,11H2,1-2H3,(H,21,23)/t12-,16+/m0/s1. The molecule has 4 rings (SSSR count). The van der Waals surface area contributed by atoms with E-state index in [4.69, 9.17) is 4.74 Å². The number of ether oxygens (including phenoxy) is 1. The third kappa shape index (κ3) is 2.98. The molecular weight excluding hydrogens is 348 g/mol. The molecule has 0 spiro atoms. The fourth-order valence-corrected chi connectivity index (χ4v) is 4.83. The highest BCUT2D eigenvalue weighted by molar-refractivity contribution is 7.14. The first-order valence-corrected chi connectivity index (χ1v) is 9.79. The minimum atomic E-state index is -0.701. The molecule has 2 atom stereocenters. The largest absolute Gasteiger partial charge is 0.477 e. The van der Waals surface area contributed by atoms with Crippen molar-refractivity contribution in [2.75, 3.05) is 18.5 Å². The van der Waals surface area contributed by atoms with Crippen LogP contribution in [-0.4, -0.2) is 31.5 Å². The smallest absolute Gasteiger partial charge is 0.268 e. The van der Waals surface area contributed by atoms with E-state index in [0.29, 0.717) is 11.7 Å². The lowest BCUT2D eigenvalue weighted by atomic mass is 9.90. The van der Waals surface area contributed by atoms with Crippen LogP contribution in [0.25, 0.3) is 0 Å². The minimum Gasteiger partial charge on any atom is -0.477 e. The lowest BCUT2D eigenvalue weighted by molar-refractivity contribution is -0.127. The second-order valence-corrected chi connectivity index (χ2v) is 8.15. The third-order valence-corrected chi connectivity index (χ3v) is 6.32. The molecule has 0 radical (unpaired) electrons. The summed E-state index contributed by atoms with van der Waals surface area (Å²) in [6.45, 7) is 2.47. The average Bonchev–Trinajstić information content (AvgIpc) is 3.09. The Labute approximate surface area is 157 Å². The van der Waals surface area contributed by atoms with Crippen LogP contribution in [0.2, 0.25) is 0 Å². The highest BCUT2D eigenvalue weighted by Crippen LogP contribution is 2.37. The van der Waals surface area contributed by atoms with Crippen molar-refractivity contribution < 1.29 is 14.3 Å². The number of para-hydroxylation sites is 2. The van der Waals surface area contributed by atoms with Crippen LogP contribution in [-0.2, 0) is 17.6 Å². The van der Waals surface area contributed by atoms with Crippen molar-refractivity contribution in [2.24, 2.45) is 5.92 Å². The maximum atomic E-state index is 13.3. The second kappa shape index (κ2) is 6.76. The molecule has 5 nitrogen and oxygen atoms in total. The van der Waals surface area contributed by atoms with Crippen molar-refractivity contribution in [3.8, 4) is 5.75 Å². The second-order valence-electron chi connectivity index (χ2n) is 7.01. The van der Waals surface area contributed by atoms with Crippen molar-refractivity contribution in [2.45, 2.75) is 32.3 Å². The molecule has 0 bridgehead atoms. The van der Waals surface area contributed by atoms with Gasteiger partial charge in [0.2, 0.25) is 0 Å². The lowest BCUT2D eigenvalue weighted by Gasteiger charge is -2.33. The van der Waals surface area contributed by atoms with E-state index in [1.54, 1.807) is 29.4 Å². The normalized spacial score (nSPS) is 21.4. The molecule has 2 aromatic rings. The Morgan fingerprint density at radius 2 is 2.12 bits per heavy atom. The topological polar surface area (TPSA) is 58.6 Å². The molecule has 0 saturated heterocycles. The molecule has 1 aromatic carbocycles. The number of aryl methyl sites for hydroxylation is 1. The van der Waals surface area contributed by atoms with Crippen LogP contribution in [0.1, 0.15) is 33.5 Å². The van der Waals surface area contributed by atoms with Crippen molar-refractivity contribution >= 4 is 28.8 Å². The van der Waals surface area contributed by atoms with Crippen LogP contribution in [0, 0.1) is 5.92 Å². The van der Waals surface area contributed by atoms with Gasteiger partial charge in [-0.05, 0) is 48.9 Å². The van der Waals surface area contributed by atoms with Gasteiger partial charge in [-0.1, -0.05) is 19.1 Å². The number of benzene rings is 1. The van der Waals surface area contributed by atoms with Gasteiger partial charge in [-0.15, -0.1) is 11.3 Å². The zero-order chi connectivity index (χ0) is 18.3. The Hall–Kier alpha value is -2.34. The van der Waals surface area contributed by atoms with Crippen molar-refractivity contribution in [3.63, 3.8) is 0 Å². The Morgan fingerprint density at radius 1 is 1.31 bits per heavy atom. The summed E-state index contributed by atoms with van der Waals surface area (Å²) in [6.07, 6.45) is 2.57. The molecule has 2 heterocycles. The summed E-state index contributed by atoms with van der Waals surface area (Å²) in [5, 5.41) is 2.61. The predicted molar refractivity (Wildman–Crippen MR) is 102 cm³/mol. The highest BCUT2D eigenvalue weighted by atomic mass is 32.1. The number of rotatable bonds is 2. The maximum absolute atomic E-state index is 13.3.